The largest absolute Gasteiger partial charge is 0.468 e. The fraction of sp³-hybridized carbons (Fsp3) is 0.706. The quantitative estimate of drug-likeness (QED) is 0.418. The summed E-state index contributed by atoms with van der Waals surface area (Å²) in [6, 6.07) is 4.55. The van der Waals surface area contributed by atoms with Crippen molar-refractivity contribution in [3.8, 4) is 0 Å². The Morgan fingerprint density at radius 2 is 2.14 bits per heavy atom. The molecule has 1 aromatic heterocycles. The summed E-state index contributed by atoms with van der Waals surface area (Å²) in [6.45, 7) is 5.19. The van der Waals surface area contributed by atoms with Gasteiger partial charge in [-0.3, -0.25) is 9.89 Å². The summed E-state index contributed by atoms with van der Waals surface area (Å²) in [5.41, 5.74) is 0. The van der Waals surface area contributed by atoms with E-state index in [1.807, 2.05) is 19.2 Å². The number of unbranched alkanes of at least 4 members (excludes halogenated alkanes) is 2. The van der Waals surface area contributed by atoms with E-state index in [4.69, 9.17) is 4.42 Å². The van der Waals surface area contributed by atoms with Gasteiger partial charge in [-0.25, -0.2) is 0 Å². The van der Waals surface area contributed by atoms with Gasteiger partial charge in [-0.1, -0.05) is 26.2 Å². The molecule has 0 aliphatic heterocycles. The molecule has 0 spiro atoms. The molecule has 22 heavy (non-hydrogen) atoms. The highest BCUT2D eigenvalue weighted by Crippen LogP contribution is 2.17. The lowest BCUT2D eigenvalue weighted by molar-refractivity contribution is 0.258. The molecular weight excluding hydrogens is 276 g/mol. The molecular formula is C17H32N4O. The lowest BCUT2D eigenvalue weighted by atomic mass is 10.1. The molecule has 126 valence electrons. The summed E-state index contributed by atoms with van der Waals surface area (Å²) in [7, 11) is 5.92. The van der Waals surface area contributed by atoms with E-state index in [2.05, 4.69) is 48.5 Å². The third kappa shape index (κ3) is 6.52. The lowest BCUT2D eigenvalue weighted by Crippen LogP contribution is -2.45. The first-order chi connectivity index (χ1) is 10.6. The van der Waals surface area contributed by atoms with Gasteiger partial charge in [0.15, 0.2) is 5.96 Å². The molecule has 0 saturated carbocycles. The second-order valence-electron chi connectivity index (χ2n) is 5.99. The second kappa shape index (κ2) is 10.3. The van der Waals surface area contributed by atoms with Crippen molar-refractivity contribution >= 4 is 5.96 Å². The zero-order valence-corrected chi connectivity index (χ0v) is 14.7. The minimum absolute atomic E-state index is 0.184. The molecule has 0 fully saturated rings. The highest BCUT2D eigenvalue weighted by molar-refractivity contribution is 5.79. The van der Waals surface area contributed by atoms with Crippen LogP contribution in [0.5, 0.6) is 0 Å². The van der Waals surface area contributed by atoms with Gasteiger partial charge >= 0.3 is 0 Å². The third-order valence-corrected chi connectivity index (χ3v) is 3.81. The van der Waals surface area contributed by atoms with Crippen molar-refractivity contribution in [3.63, 3.8) is 0 Å². The number of likely N-dealkylation sites (N-methyl/N-ethyl adjacent to an activating group) is 1. The zero-order valence-electron chi connectivity index (χ0n) is 14.7. The summed E-state index contributed by atoms with van der Waals surface area (Å²) in [5, 5.41) is 6.85. The molecule has 1 aromatic rings. The molecule has 0 bridgehead atoms. The average Bonchev–Trinajstić information content (AvgIpc) is 3.00. The first-order valence-corrected chi connectivity index (χ1v) is 8.25. The number of hydrogen-bond acceptors (Lipinski definition) is 3. The number of rotatable bonds is 9. The highest BCUT2D eigenvalue weighted by atomic mass is 16.3. The Hall–Kier alpha value is -1.49. The highest BCUT2D eigenvalue weighted by Gasteiger charge is 2.17. The van der Waals surface area contributed by atoms with Crippen LogP contribution in [-0.2, 0) is 0 Å². The van der Waals surface area contributed by atoms with Gasteiger partial charge in [0.25, 0.3) is 0 Å². The van der Waals surface area contributed by atoms with E-state index < -0.39 is 0 Å². The Bertz CT molecular complexity index is 414. The Morgan fingerprint density at radius 3 is 2.68 bits per heavy atom. The van der Waals surface area contributed by atoms with Gasteiger partial charge in [0, 0.05) is 19.6 Å². The minimum Gasteiger partial charge on any atom is -0.468 e. The van der Waals surface area contributed by atoms with E-state index in [9.17, 15) is 0 Å². The molecule has 1 rings (SSSR count). The standard InChI is InChI=1S/C17H32N4O/c1-6-7-8-10-14(2)20-17(18-3)19-13-15(21(4)5)16-11-9-12-22-16/h9,11-12,14-15H,6-8,10,13H2,1-5H3,(H2,18,19,20). The number of guanidine groups is 1. The topological polar surface area (TPSA) is 52.8 Å². The number of hydrogen-bond donors (Lipinski definition) is 2. The maximum atomic E-state index is 5.53. The van der Waals surface area contributed by atoms with Crippen LogP contribution in [0.4, 0.5) is 0 Å². The van der Waals surface area contributed by atoms with Crippen LogP contribution in [0.1, 0.15) is 51.3 Å². The summed E-state index contributed by atoms with van der Waals surface area (Å²) in [5.74, 6) is 1.81. The van der Waals surface area contributed by atoms with Crippen molar-refractivity contribution in [2.75, 3.05) is 27.7 Å². The SMILES string of the molecule is CCCCCC(C)NC(=NC)NCC(c1ccco1)N(C)C. The van der Waals surface area contributed by atoms with Crippen LogP contribution in [-0.4, -0.2) is 44.6 Å². The molecule has 0 saturated heterocycles. The number of aliphatic imine (C=N–C) groups is 1. The molecule has 2 N–H and O–H groups in total. The summed E-state index contributed by atoms with van der Waals surface area (Å²) in [6.07, 6.45) is 6.69. The normalized spacial score (nSPS) is 14.9. The van der Waals surface area contributed by atoms with Crippen molar-refractivity contribution in [1.29, 1.82) is 0 Å². The monoisotopic (exact) mass is 308 g/mol. The van der Waals surface area contributed by atoms with Crippen LogP contribution in [0.15, 0.2) is 27.8 Å². The molecule has 5 heteroatoms. The van der Waals surface area contributed by atoms with Crippen molar-refractivity contribution < 1.29 is 4.42 Å². The molecule has 0 radical (unpaired) electrons. The number of nitrogens with one attached hydrogen (secondary N) is 2. The summed E-state index contributed by atoms with van der Waals surface area (Å²) >= 11 is 0. The zero-order chi connectivity index (χ0) is 16.4. The minimum atomic E-state index is 0.184. The van der Waals surface area contributed by atoms with E-state index in [0.717, 1.165) is 18.3 Å². The fourth-order valence-electron chi connectivity index (χ4n) is 2.41. The Labute approximate surface area is 135 Å². The van der Waals surface area contributed by atoms with Crippen LogP contribution in [0.2, 0.25) is 0 Å². The van der Waals surface area contributed by atoms with Gasteiger partial charge < -0.3 is 15.1 Å². The van der Waals surface area contributed by atoms with Gasteiger partial charge in [-0.05, 0) is 39.6 Å². The number of furan rings is 1. The molecule has 2 atom stereocenters. The first kappa shape index (κ1) is 18.6. The van der Waals surface area contributed by atoms with E-state index in [1.165, 1.54) is 25.7 Å². The van der Waals surface area contributed by atoms with Crippen molar-refractivity contribution in [1.82, 2.24) is 15.5 Å². The van der Waals surface area contributed by atoms with Gasteiger partial charge in [-0.15, -0.1) is 0 Å². The van der Waals surface area contributed by atoms with Crippen LogP contribution in [0.25, 0.3) is 0 Å². The van der Waals surface area contributed by atoms with Crippen LogP contribution >= 0.6 is 0 Å². The fourth-order valence-corrected chi connectivity index (χ4v) is 2.41. The van der Waals surface area contributed by atoms with E-state index in [0.29, 0.717) is 6.04 Å². The van der Waals surface area contributed by atoms with E-state index >= 15 is 0 Å². The lowest BCUT2D eigenvalue weighted by Gasteiger charge is -2.24. The van der Waals surface area contributed by atoms with Gasteiger partial charge in [0.1, 0.15) is 5.76 Å². The molecule has 0 amide bonds. The van der Waals surface area contributed by atoms with Crippen LogP contribution in [0.3, 0.4) is 0 Å². The van der Waals surface area contributed by atoms with Crippen LogP contribution in [0, 0.1) is 0 Å². The third-order valence-electron chi connectivity index (χ3n) is 3.81. The first-order valence-electron chi connectivity index (χ1n) is 8.25. The predicted octanol–water partition coefficient (Wildman–Crippen LogP) is 3.02. The van der Waals surface area contributed by atoms with Crippen molar-refractivity contribution in [3.05, 3.63) is 24.2 Å². The molecule has 0 aliphatic rings. The van der Waals surface area contributed by atoms with Crippen LogP contribution < -0.4 is 10.6 Å². The molecule has 1 heterocycles. The molecule has 5 nitrogen and oxygen atoms in total. The second-order valence-corrected chi connectivity index (χ2v) is 5.99. The molecule has 0 aromatic carbocycles. The van der Waals surface area contributed by atoms with E-state index in [1.54, 1.807) is 6.26 Å². The van der Waals surface area contributed by atoms with Crippen molar-refractivity contribution in [2.24, 2.45) is 4.99 Å². The van der Waals surface area contributed by atoms with Gasteiger partial charge in [-0.2, -0.15) is 0 Å². The smallest absolute Gasteiger partial charge is 0.191 e. The van der Waals surface area contributed by atoms with Gasteiger partial charge in [0.05, 0.1) is 12.3 Å². The Kier molecular flexibility index (Phi) is 8.67. The van der Waals surface area contributed by atoms with E-state index in [-0.39, 0.29) is 6.04 Å². The average molecular weight is 308 g/mol. The maximum Gasteiger partial charge on any atom is 0.191 e. The Balaban J connectivity index is 2.45. The van der Waals surface area contributed by atoms with Crippen molar-refractivity contribution in [2.45, 2.75) is 51.6 Å². The Morgan fingerprint density at radius 1 is 1.36 bits per heavy atom. The summed E-state index contributed by atoms with van der Waals surface area (Å²) in [4.78, 5) is 6.46. The van der Waals surface area contributed by atoms with Gasteiger partial charge in [0.2, 0.25) is 0 Å². The number of nitrogens with zero attached hydrogens (tertiary/aromatic N) is 2. The molecule has 2 unspecified atom stereocenters. The maximum absolute atomic E-state index is 5.53. The predicted molar refractivity (Wildman–Crippen MR) is 93.2 cm³/mol. The summed E-state index contributed by atoms with van der Waals surface area (Å²) < 4.78 is 5.53. The molecule has 0 aliphatic carbocycles.